The molecule has 6 rings (SSSR count). The normalized spacial score (nSPS) is 27.7. The summed E-state index contributed by atoms with van der Waals surface area (Å²) in [6, 6.07) is 20.4. The number of ketones is 1. The van der Waals surface area contributed by atoms with E-state index in [2.05, 4.69) is 40.5 Å². The predicted molar refractivity (Wildman–Crippen MR) is 146 cm³/mol. The van der Waals surface area contributed by atoms with Gasteiger partial charge in [0.1, 0.15) is 11.4 Å². The predicted octanol–water partition coefficient (Wildman–Crippen LogP) is 4.05. The number of piperidine rings is 1. The minimum absolute atomic E-state index is 0.0293. The average molecular weight is 498 g/mol. The van der Waals surface area contributed by atoms with Gasteiger partial charge in [0, 0.05) is 31.2 Å². The van der Waals surface area contributed by atoms with E-state index < -0.39 is 11.0 Å². The number of rotatable bonds is 6. The van der Waals surface area contributed by atoms with E-state index in [9.17, 15) is 14.7 Å². The summed E-state index contributed by atoms with van der Waals surface area (Å²) in [5.41, 5.74) is 2.27. The second kappa shape index (κ2) is 8.76. The Balaban J connectivity index is 1.26. The zero-order valence-electron chi connectivity index (χ0n) is 21.8. The summed E-state index contributed by atoms with van der Waals surface area (Å²) in [6.07, 6.45) is 1.84. The summed E-state index contributed by atoms with van der Waals surface area (Å²) in [7, 11) is 1.76. The van der Waals surface area contributed by atoms with Gasteiger partial charge in [0.05, 0.1) is 18.0 Å². The lowest BCUT2D eigenvalue weighted by atomic mass is 9.79. The van der Waals surface area contributed by atoms with Crippen LogP contribution in [-0.4, -0.2) is 54.4 Å². The molecular weight excluding hydrogens is 462 g/mol. The first kappa shape index (κ1) is 24.3. The molecule has 192 valence electrons. The number of Topliss-reactive ketones (excluding diaryl/α,β-unsaturated/α-hetero) is 1. The summed E-state index contributed by atoms with van der Waals surface area (Å²) in [4.78, 5) is 30.9. The Hall–Kier alpha value is -3.06. The molecule has 0 aromatic heterocycles. The van der Waals surface area contributed by atoms with Crippen molar-refractivity contribution >= 4 is 28.2 Å². The lowest BCUT2D eigenvalue weighted by molar-refractivity contribution is -0.128. The van der Waals surface area contributed by atoms with Gasteiger partial charge in [-0.1, -0.05) is 54.6 Å². The molecule has 2 aliphatic heterocycles. The lowest BCUT2D eigenvalue weighted by Crippen LogP contribution is -2.51. The maximum Gasteiger partial charge on any atom is 0.238 e. The number of amides is 1. The van der Waals surface area contributed by atoms with Crippen molar-refractivity contribution in [2.45, 2.75) is 56.2 Å². The van der Waals surface area contributed by atoms with Gasteiger partial charge < -0.3 is 15.3 Å². The van der Waals surface area contributed by atoms with Gasteiger partial charge in [-0.2, -0.15) is 0 Å². The minimum atomic E-state index is -0.974. The fraction of sp³-hybridized carbons (Fsp3) is 0.419. The Morgan fingerprint density at radius 2 is 1.68 bits per heavy atom. The van der Waals surface area contributed by atoms with Crippen molar-refractivity contribution in [1.82, 2.24) is 10.2 Å². The highest BCUT2D eigenvalue weighted by atomic mass is 16.3. The number of nitrogens with one attached hydrogen (secondary N) is 1. The number of carbonyl (C=O) groups excluding carboxylic acids is 2. The van der Waals surface area contributed by atoms with Crippen LogP contribution in [-0.2, 0) is 20.6 Å². The molecule has 1 saturated heterocycles. The number of anilines is 1. The number of carbonyl (C=O) groups is 2. The van der Waals surface area contributed by atoms with Crippen LogP contribution < -0.4 is 10.2 Å². The summed E-state index contributed by atoms with van der Waals surface area (Å²) in [5, 5.41) is 17.0. The van der Waals surface area contributed by atoms with Crippen LogP contribution in [0.25, 0.3) is 10.8 Å². The van der Waals surface area contributed by atoms with Crippen LogP contribution in [0, 0.1) is 0 Å². The second-order valence-corrected chi connectivity index (χ2v) is 11.3. The van der Waals surface area contributed by atoms with Gasteiger partial charge in [-0.25, -0.2) is 0 Å². The van der Waals surface area contributed by atoms with E-state index in [-0.39, 0.29) is 36.7 Å². The van der Waals surface area contributed by atoms with Crippen LogP contribution in [0.15, 0.2) is 60.7 Å². The smallest absolute Gasteiger partial charge is 0.238 e. The first-order valence-electron chi connectivity index (χ1n) is 13.4. The highest BCUT2D eigenvalue weighted by Crippen LogP contribution is 2.52. The fourth-order valence-electron chi connectivity index (χ4n) is 7.25. The third-order valence-corrected chi connectivity index (χ3v) is 8.91. The molecule has 1 aliphatic carbocycles. The number of likely N-dealkylation sites (tertiary alicyclic amines) is 1. The van der Waals surface area contributed by atoms with E-state index in [0.717, 1.165) is 42.7 Å². The number of hydrogen-bond donors (Lipinski definition) is 2. The number of nitrogens with zero attached hydrogens (tertiary/aromatic N) is 2. The number of para-hydroxylation sites is 1. The Morgan fingerprint density at radius 3 is 2.41 bits per heavy atom. The van der Waals surface area contributed by atoms with Gasteiger partial charge >= 0.3 is 0 Å². The third kappa shape index (κ3) is 3.57. The van der Waals surface area contributed by atoms with Crippen LogP contribution in [0.1, 0.15) is 55.8 Å². The zero-order valence-corrected chi connectivity index (χ0v) is 21.8. The molecule has 6 nitrogen and oxygen atoms in total. The SMILES string of the molecule is CNCC(=O)CC1(C)C(=O)N(C2CCN([C@H]3c4cccc5cccc(c45)[C@]3(C)O)CC2)c2ccccc21. The molecule has 0 radical (unpaired) electrons. The Kier molecular flexibility index (Phi) is 5.75. The summed E-state index contributed by atoms with van der Waals surface area (Å²) >= 11 is 0. The fourth-order valence-corrected chi connectivity index (χ4v) is 7.25. The van der Waals surface area contributed by atoms with Gasteiger partial charge in [-0.15, -0.1) is 0 Å². The number of benzene rings is 3. The molecule has 1 fully saturated rings. The molecule has 3 atom stereocenters. The molecule has 2 heterocycles. The van der Waals surface area contributed by atoms with E-state index in [1.54, 1.807) is 7.05 Å². The molecule has 2 N–H and O–H groups in total. The maximum absolute atomic E-state index is 13.9. The monoisotopic (exact) mass is 497 g/mol. The highest BCUT2D eigenvalue weighted by molar-refractivity contribution is 6.10. The Labute approximate surface area is 218 Å². The number of hydrogen-bond acceptors (Lipinski definition) is 5. The lowest BCUT2D eigenvalue weighted by Gasteiger charge is -2.43. The Morgan fingerprint density at radius 1 is 1.00 bits per heavy atom. The molecule has 6 heteroatoms. The van der Waals surface area contributed by atoms with Crippen molar-refractivity contribution in [3.8, 4) is 0 Å². The standard InChI is InChI=1S/C31H35N3O3/c1-30(18-22(35)19-32-3)24-11-4-5-13-26(24)34(29(30)36)21-14-16-33(17-15-21)28-23-10-6-8-20-9-7-12-25(27(20)23)31(28,2)37/h4-13,21,28,32,37H,14-19H2,1-3H3/t28-,30?,31-/m0/s1. The second-order valence-electron chi connectivity index (χ2n) is 11.3. The molecule has 0 saturated carbocycles. The van der Waals surface area contributed by atoms with Crippen LogP contribution in [0.4, 0.5) is 5.69 Å². The molecule has 1 unspecified atom stereocenters. The van der Waals surface area contributed by atoms with Crippen molar-refractivity contribution in [3.05, 3.63) is 77.4 Å². The van der Waals surface area contributed by atoms with Gasteiger partial charge in [-0.05, 0) is 67.3 Å². The van der Waals surface area contributed by atoms with E-state index in [1.165, 1.54) is 16.3 Å². The van der Waals surface area contributed by atoms with Crippen LogP contribution in [0.5, 0.6) is 0 Å². The van der Waals surface area contributed by atoms with E-state index in [1.807, 2.05) is 49.1 Å². The molecule has 37 heavy (non-hydrogen) atoms. The van der Waals surface area contributed by atoms with Crippen LogP contribution in [0.2, 0.25) is 0 Å². The van der Waals surface area contributed by atoms with Crippen LogP contribution >= 0.6 is 0 Å². The van der Waals surface area contributed by atoms with Gasteiger partial charge in [0.2, 0.25) is 5.91 Å². The summed E-state index contributed by atoms with van der Waals surface area (Å²) < 4.78 is 0. The minimum Gasteiger partial charge on any atom is -0.383 e. The van der Waals surface area contributed by atoms with Crippen molar-refractivity contribution in [3.63, 3.8) is 0 Å². The Bertz CT molecular complexity index is 1390. The van der Waals surface area contributed by atoms with Crippen molar-refractivity contribution in [2.75, 3.05) is 31.6 Å². The van der Waals surface area contributed by atoms with Gasteiger partial charge in [0.15, 0.2) is 0 Å². The number of aliphatic hydroxyl groups is 1. The molecule has 0 spiro atoms. The van der Waals surface area contributed by atoms with Gasteiger partial charge in [-0.3, -0.25) is 14.5 Å². The number of fused-ring (bicyclic) bond motifs is 1. The van der Waals surface area contributed by atoms with E-state index in [4.69, 9.17) is 0 Å². The van der Waals surface area contributed by atoms with E-state index in [0.29, 0.717) is 0 Å². The largest absolute Gasteiger partial charge is 0.383 e. The summed E-state index contributed by atoms with van der Waals surface area (Å²) in [6.45, 7) is 5.70. The van der Waals surface area contributed by atoms with Crippen LogP contribution in [0.3, 0.4) is 0 Å². The zero-order chi connectivity index (χ0) is 25.9. The quantitative estimate of drug-likeness (QED) is 0.538. The molecule has 3 aromatic rings. The first-order valence-corrected chi connectivity index (χ1v) is 13.4. The van der Waals surface area contributed by atoms with Crippen molar-refractivity contribution in [1.29, 1.82) is 0 Å². The number of likely N-dealkylation sites (N-methyl/N-ethyl adjacent to an activating group) is 1. The van der Waals surface area contributed by atoms with Crippen molar-refractivity contribution in [2.24, 2.45) is 0 Å². The van der Waals surface area contributed by atoms with E-state index >= 15 is 0 Å². The highest BCUT2D eigenvalue weighted by Gasteiger charge is 2.52. The maximum atomic E-state index is 13.9. The topological polar surface area (TPSA) is 72.9 Å². The molecule has 3 aliphatic rings. The van der Waals surface area contributed by atoms with Gasteiger partial charge in [0.25, 0.3) is 0 Å². The third-order valence-electron chi connectivity index (χ3n) is 8.91. The first-order chi connectivity index (χ1) is 17.8. The average Bonchev–Trinajstić information content (AvgIpc) is 3.25. The molecule has 1 amide bonds. The van der Waals surface area contributed by atoms with Crippen molar-refractivity contribution < 1.29 is 14.7 Å². The molecule has 0 bridgehead atoms. The molecule has 3 aromatic carbocycles. The molecular formula is C31H35N3O3. The summed E-state index contributed by atoms with van der Waals surface area (Å²) in [5.74, 6) is 0.0728.